The first-order chi connectivity index (χ1) is 10.4. The largest absolute Gasteiger partial charge is 0.446 e. The fourth-order valence-corrected chi connectivity index (χ4v) is 2.84. The van der Waals surface area contributed by atoms with Gasteiger partial charge < -0.3 is 10.2 Å². The van der Waals surface area contributed by atoms with Crippen LogP contribution in [-0.4, -0.2) is 29.5 Å². The minimum atomic E-state index is -4.37. The van der Waals surface area contributed by atoms with Gasteiger partial charge in [0.2, 0.25) is 0 Å². The second-order valence-corrected chi connectivity index (χ2v) is 6.06. The molecular weight excluding hydrogens is 315 g/mol. The minimum absolute atomic E-state index is 0.0128. The summed E-state index contributed by atoms with van der Waals surface area (Å²) in [7, 11) is 0. The van der Waals surface area contributed by atoms with Crippen molar-refractivity contribution in [1.29, 1.82) is 5.26 Å². The average molecular weight is 329 g/mol. The van der Waals surface area contributed by atoms with Crippen LogP contribution in [0.1, 0.15) is 12.8 Å². The average Bonchev–Trinajstić information content (AvgIpc) is 2.46. The number of piperidine rings is 1. The van der Waals surface area contributed by atoms with Crippen molar-refractivity contribution in [3.8, 4) is 6.07 Å². The van der Waals surface area contributed by atoms with Gasteiger partial charge in [-0.25, -0.2) is 4.79 Å². The van der Waals surface area contributed by atoms with E-state index in [2.05, 4.69) is 11.4 Å². The molecule has 0 bridgehead atoms. The number of alkyl halides is 3. The van der Waals surface area contributed by atoms with Gasteiger partial charge in [-0.2, -0.15) is 18.4 Å². The number of carbonyl (C=O) groups excluding carboxylic acids is 1. The van der Waals surface area contributed by atoms with Gasteiger partial charge in [-0.3, -0.25) is 0 Å². The highest BCUT2D eigenvalue weighted by Gasteiger charge is 2.29. The van der Waals surface area contributed by atoms with Crippen LogP contribution in [0.4, 0.5) is 23.7 Å². The Balaban J connectivity index is 2.00. The standard InChI is InChI=1S/C14H14F3N3OS/c15-14(16,17)22-12-5-1-4-11(7-12)19-13(21)20-6-2-3-10(8-18)9-20/h1,4-5,7,10H,2-3,6,9H2,(H,19,21)/t10-/m1/s1. The van der Waals surface area contributed by atoms with Gasteiger partial charge in [-0.15, -0.1) is 0 Å². The van der Waals surface area contributed by atoms with Crippen LogP contribution in [0.3, 0.4) is 0 Å². The molecule has 2 rings (SSSR count). The molecule has 0 unspecified atom stereocenters. The van der Waals surface area contributed by atoms with Crippen LogP contribution >= 0.6 is 11.8 Å². The first-order valence-corrected chi connectivity index (χ1v) is 7.50. The third-order valence-electron chi connectivity index (χ3n) is 3.21. The van der Waals surface area contributed by atoms with Gasteiger partial charge >= 0.3 is 11.5 Å². The Morgan fingerprint density at radius 1 is 1.45 bits per heavy atom. The first-order valence-electron chi connectivity index (χ1n) is 6.69. The third-order valence-corrected chi connectivity index (χ3v) is 3.93. The fourth-order valence-electron chi connectivity index (χ4n) is 2.24. The fraction of sp³-hybridized carbons (Fsp3) is 0.429. The van der Waals surface area contributed by atoms with E-state index in [0.717, 1.165) is 12.8 Å². The highest BCUT2D eigenvalue weighted by molar-refractivity contribution is 8.00. The van der Waals surface area contributed by atoms with Crippen molar-refractivity contribution in [1.82, 2.24) is 4.90 Å². The molecule has 1 aromatic carbocycles. The lowest BCUT2D eigenvalue weighted by atomic mass is 10.0. The summed E-state index contributed by atoms with van der Waals surface area (Å²) < 4.78 is 37.0. The Morgan fingerprint density at radius 2 is 2.23 bits per heavy atom. The number of likely N-dealkylation sites (tertiary alicyclic amines) is 1. The Labute approximate surface area is 130 Å². The van der Waals surface area contributed by atoms with Crippen molar-refractivity contribution in [3.63, 3.8) is 0 Å². The van der Waals surface area contributed by atoms with Crippen molar-refractivity contribution < 1.29 is 18.0 Å². The normalized spacial score (nSPS) is 18.6. The molecule has 0 spiro atoms. The highest BCUT2D eigenvalue weighted by Crippen LogP contribution is 2.37. The molecular formula is C14H14F3N3OS. The molecule has 1 aliphatic rings. The van der Waals surface area contributed by atoms with Crippen molar-refractivity contribution in [3.05, 3.63) is 24.3 Å². The van der Waals surface area contributed by atoms with E-state index in [9.17, 15) is 18.0 Å². The number of rotatable bonds is 2. The van der Waals surface area contributed by atoms with Crippen LogP contribution in [-0.2, 0) is 0 Å². The Hall–Kier alpha value is -1.88. The number of carbonyl (C=O) groups is 1. The molecule has 0 radical (unpaired) electrons. The molecule has 4 nitrogen and oxygen atoms in total. The highest BCUT2D eigenvalue weighted by atomic mass is 32.2. The lowest BCUT2D eigenvalue weighted by molar-refractivity contribution is -0.0328. The lowest BCUT2D eigenvalue weighted by Crippen LogP contribution is -2.42. The van der Waals surface area contributed by atoms with Crippen LogP contribution < -0.4 is 5.32 Å². The molecule has 0 aromatic heterocycles. The maximum Gasteiger partial charge on any atom is 0.446 e. The number of benzene rings is 1. The van der Waals surface area contributed by atoms with Crippen molar-refractivity contribution in [2.45, 2.75) is 23.2 Å². The summed E-state index contributed by atoms with van der Waals surface area (Å²) in [4.78, 5) is 13.6. The van der Waals surface area contributed by atoms with E-state index in [4.69, 9.17) is 5.26 Å². The number of halogens is 3. The number of nitriles is 1. The number of nitrogens with one attached hydrogen (secondary N) is 1. The minimum Gasteiger partial charge on any atom is -0.323 e. The van der Waals surface area contributed by atoms with Crippen LogP contribution in [0.2, 0.25) is 0 Å². The van der Waals surface area contributed by atoms with E-state index < -0.39 is 11.5 Å². The van der Waals surface area contributed by atoms with Gasteiger partial charge in [0.1, 0.15) is 0 Å². The Kier molecular flexibility index (Phi) is 5.19. The molecule has 1 atom stereocenters. The molecule has 1 N–H and O–H groups in total. The van der Waals surface area contributed by atoms with Crippen molar-refractivity contribution in [2.75, 3.05) is 18.4 Å². The molecule has 8 heteroatoms. The van der Waals surface area contributed by atoms with E-state index >= 15 is 0 Å². The molecule has 1 aliphatic heterocycles. The summed E-state index contributed by atoms with van der Waals surface area (Å²) in [6, 6.07) is 7.34. The number of nitrogens with zero attached hydrogens (tertiary/aromatic N) is 2. The quantitative estimate of drug-likeness (QED) is 0.832. The second kappa shape index (κ2) is 6.92. The molecule has 1 heterocycles. The summed E-state index contributed by atoms with van der Waals surface area (Å²) in [6.07, 6.45) is 1.51. The zero-order chi connectivity index (χ0) is 16.2. The van der Waals surface area contributed by atoms with Gasteiger partial charge in [-0.05, 0) is 42.8 Å². The van der Waals surface area contributed by atoms with Crippen LogP contribution in [0, 0.1) is 17.2 Å². The lowest BCUT2D eigenvalue weighted by Gasteiger charge is -2.29. The summed E-state index contributed by atoms with van der Waals surface area (Å²) in [5, 5.41) is 11.5. The van der Waals surface area contributed by atoms with E-state index in [-0.39, 0.29) is 22.6 Å². The number of hydrogen-bond acceptors (Lipinski definition) is 3. The van der Waals surface area contributed by atoms with Crippen LogP contribution in [0.25, 0.3) is 0 Å². The number of anilines is 1. The summed E-state index contributed by atoms with van der Waals surface area (Å²) in [5.74, 6) is -0.188. The van der Waals surface area contributed by atoms with Crippen LogP contribution in [0.15, 0.2) is 29.2 Å². The van der Waals surface area contributed by atoms with Crippen LogP contribution in [0.5, 0.6) is 0 Å². The third kappa shape index (κ3) is 4.84. The van der Waals surface area contributed by atoms with E-state index in [1.807, 2.05) is 0 Å². The van der Waals surface area contributed by atoms with Gasteiger partial charge in [0.05, 0.1) is 12.0 Å². The maximum atomic E-state index is 12.3. The van der Waals surface area contributed by atoms with Gasteiger partial charge in [0, 0.05) is 23.7 Å². The summed E-state index contributed by atoms with van der Waals surface area (Å²) in [6.45, 7) is 0.889. The van der Waals surface area contributed by atoms with E-state index in [1.54, 1.807) is 0 Å². The molecule has 118 valence electrons. The first kappa shape index (κ1) is 16.5. The number of thioether (sulfide) groups is 1. The van der Waals surface area contributed by atoms with Gasteiger partial charge in [0.25, 0.3) is 0 Å². The van der Waals surface area contributed by atoms with Gasteiger partial charge in [-0.1, -0.05) is 6.07 Å². The SMILES string of the molecule is N#C[C@H]1CCCN(C(=O)Nc2cccc(SC(F)(F)F)c2)C1. The molecule has 0 aliphatic carbocycles. The molecule has 1 fully saturated rings. The van der Waals surface area contributed by atoms with Crippen molar-refractivity contribution in [2.24, 2.45) is 5.92 Å². The Morgan fingerprint density at radius 3 is 2.91 bits per heavy atom. The summed E-state index contributed by atoms with van der Waals surface area (Å²) >= 11 is -0.226. The predicted octanol–water partition coefficient (Wildman–Crippen LogP) is 4.07. The topological polar surface area (TPSA) is 56.1 Å². The van der Waals surface area contributed by atoms with E-state index in [0.29, 0.717) is 18.8 Å². The van der Waals surface area contributed by atoms with Crippen molar-refractivity contribution >= 4 is 23.5 Å². The van der Waals surface area contributed by atoms with E-state index in [1.165, 1.54) is 29.2 Å². The second-order valence-electron chi connectivity index (χ2n) is 4.92. The number of urea groups is 1. The molecule has 2 amide bonds. The summed E-state index contributed by atoms with van der Waals surface area (Å²) in [5.41, 5.74) is -4.06. The van der Waals surface area contributed by atoms with Gasteiger partial charge in [0.15, 0.2) is 0 Å². The smallest absolute Gasteiger partial charge is 0.323 e. The predicted molar refractivity (Wildman–Crippen MR) is 77.3 cm³/mol. The number of hydrogen-bond donors (Lipinski definition) is 1. The Bertz CT molecular complexity index is 585. The molecule has 1 saturated heterocycles. The molecule has 22 heavy (non-hydrogen) atoms. The number of amides is 2. The molecule has 0 saturated carbocycles. The molecule has 1 aromatic rings. The zero-order valence-electron chi connectivity index (χ0n) is 11.6. The monoisotopic (exact) mass is 329 g/mol. The maximum absolute atomic E-state index is 12.3. The zero-order valence-corrected chi connectivity index (χ0v) is 12.4.